The summed E-state index contributed by atoms with van der Waals surface area (Å²) in [6.45, 7) is 6.92. The van der Waals surface area contributed by atoms with Crippen molar-refractivity contribution in [2.24, 2.45) is 7.05 Å². The van der Waals surface area contributed by atoms with E-state index in [-0.39, 0.29) is 5.91 Å². The first-order valence-corrected chi connectivity index (χ1v) is 5.71. The number of aryl methyl sites for hydroxylation is 1. The fourth-order valence-corrected chi connectivity index (χ4v) is 1.27. The van der Waals surface area contributed by atoms with Gasteiger partial charge in [0.15, 0.2) is 0 Å². The van der Waals surface area contributed by atoms with Gasteiger partial charge in [-0.2, -0.15) is 5.10 Å². The molecule has 1 atom stereocenters. The zero-order chi connectivity index (χ0) is 13.9. The van der Waals surface area contributed by atoms with Gasteiger partial charge in [-0.3, -0.25) is 9.48 Å². The summed E-state index contributed by atoms with van der Waals surface area (Å²) < 4.78 is 6.69. The zero-order valence-corrected chi connectivity index (χ0v) is 11.4. The fourth-order valence-electron chi connectivity index (χ4n) is 1.27. The largest absolute Gasteiger partial charge is 0.458 e. The summed E-state index contributed by atoms with van der Waals surface area (Å²) >= 11 is 0. The molecule has 1 aromatic rings. The molecule has 100 valence electrons. The topological polar surface area (TPSA) is 73.2 Å². The first-order valence-electron chi connectivity index (χ1n) is 5.71. The van der Waals surface area contributed by atoms with Gasteiger partial charge in [0.25, 0.3) is 5.91 Å². The standard InChI is InChI=1S/C12H19N3O3/c1-8(11(17)18-12(2,3)4)14-10(16)9-6-13-15(5)7-9/h6-8H,1-5H3,(H,14,16)/t8-/m0/s1. The van der Waals surface area contributed by atoms with E-state index in [1.807, 2.05) is 0 Å². The molecule has 0 radical (unpaired) electrons. The van der Waals surface area contributed by atoms with Gasteiger partial charge in [0.2, 0.25) is 0 Å². The van der Waals surface area contributed by atoms with E-state index in [1.165, 1.54) is 10.9 Å². The molecular weight excluding hydrogens is 234 g/mol. The van der Waals surface area contributed by atoms with Gasteiger partial charge >= 0.3 is 5.97 Å². The first kappa shape index (κ1) is 14.2. The van der Waals surface area contributed by atoms with Gasteiger partial charge in [-0.25, -0.2) is 4.79 Å². The highest BCUT2D eigenvalue weighted by atomic mass is 16.6. The molecule has 0 aliphatic rings. The lowest BCUT2D eigenvalue weighted by Crippen LogP contribution is -2.42. The minimum Gasteiger partial charge on any atom is -0.458 e. The number of nitrogens with one attached hydrogen (secondary N) is 1. The van der Waals surface area contributed by atoms with E-state index in [0.717, 1.165) is 0 Å². The summed E-state index contributed by atoms with van der Waals surface area (Å²) in [5.41, 5.74) is -0.155. The van der Waals surface area contributed by atoms with Crippen molar-refractivity contribution in [3.63, 3.8) is 0 Å². The number of esters is 1. The van der Waals surface area contributed by atoms with Crippen LogP contribution in [0.15, 0.2) is 12.4 Å². The van der Waals surface area contributed by atoms with E-state index >= 15 is 0 Å². The summed E-state index contributed by atoms with van der Waals surface area (Å²) in [5.74, 6) is -0.804. The highest BCUT2D eigenvalue weighted by molar-refractivity contribution is 5.96. The van der Waals surface area contributed by atoms with Gasteiger partial charge in [0.05, 0.1) is 11.8 Å². The number of rotatable bonds is 3. The lowest BCUT2D eigenvalue weighted by molar-refractivity contribution is -0.156. The van der Waals surface area contributed by atoms with Gasteiger partial charge in [0, 0.05) is 13.2 Å². The normalized spacial score (nSPS) is 12.9. The molecule has 1 aromatic heterocycles. The van der Waals surface area contributed by atoms with E-state index in [0.29, 0.717) is 5.56 Å². The van der Waals surface area contributed by atoms with Gasteiger partial charge in [-0.15, -0.1) is 0 Å². The minimum absolute atomic E-state index is 0.346. The van der Waals surface area contributed by atoms with Crippen molar-refractivity contribution in [3.05, 3.63) is 18.0 Å². The third kappa shape index (κ3) is 4.20. The number of amides is 1. The van der Waals surface area contributed by atoms with Crippen molar-refractivity contribution in [1.82, 2.24) is 15.1 Å². The minimum atomic E-state index is -0.697. The molecule has 0 saturated carbocycles. The highest BCUT2D eigenvalue weighted by Gasteiger charge is 2.23. The second-order valence-electron chi connectivity index (χ2n) is 5.13. The van der Waals surface area contributed by atoms with Crippen LogP contribution in [0.4, 0.5) is 0 Å². The number of carbonyl (C=O) groups excluding carboxylic acids is 2. The van der Waals surface area contributed by atoms with Crippen molar-refractivity contribution in [1.29, 1.82) is 0 Å². The summed E-state index contributed by atoms with van der Waals surface area (Å²) in [7, 11) is 1.72. The maximum atomic E-state index is 11.8. The monoisotopic (exact) mass is 253 g/mol. The molecule has 6 nitrogen and oxygen atoms in total. The number of ether oxygens (including phenoxy) is 1. The number of carbonyl (C=O) groups is 2. The third-order valence-corrected chi connectivity index (χ3v) is 2.07. The lowest BCUT2D eigenvalue weighted by Gasteiger charge is -2.22. The Bertz CT molecular complexity index is 446. The highest BCUT2D eigenvalue weighted by Crippen LogP contribution is 2.08. The number of hydrogen-bond acceptors (Lipinski definition) is 4. The average molecular weight is 253 g/mol. The van der Waals surface area contributed by atoms with Gasteiger partial charge in [-0.1, -0.05) is 0 Å². The summed E-state index contributed by atoms with van der Waals surface area (Å²) in [6, 6.07) is -0.697. The van der Waals surface area contributed by atoms with E-state index in [9.17, 15) is 9.59 Å². The maximum Gasteiger partial charge on any atom is 0.328 e. The van der Waals surface area contributed by atoms with Crippen molar-refractivity contribution in [2.45, 2.75) is 39.3 Å². The molecule has 0 aromatic carbocycles. The van der Waals surface area contributed by atoms with Crippen LogP contribution in [0.3, 0.4) is 0 Å². The van der Waals surface area contributed by atoms with Gasteiger partial charge in [0.1, 0.15) is 11.6 Å². The number of nitrogens with zero attached hydrogens (tertiary/aromatic N) is 2. The Balaban J connectivity index is 2.57. The Hall–Kier alpha value is -1.85. The van der Waals surface area contributed by atoms with E-state index in [1.54, 1.807) is 40.9 Å². The molecular formula is C12H19N3O3. The Morgan fingerprint density at radius 3 is 2.50 bits per heavy atom. The van der Waals surface area contributed by atoms with Crippen LogP contribution in [0.1, 0.15) is 38.1 Å². The lowest BCUT2D eigenvalue weighted by atomic mass is 10.2. The molecule has 1 heterocycles. The molecule has 0 saturated heterocycles. The van der Waals surface area contributed by atoms with Crippen molar-refractivity contribution < 1.29 is 14.3 Å². The second kappa shape index (κ2) is 5.20. The molecule has 0 bridgehead atoms. The molecule has 0 spiro atoms. The van der Waals surface area contributed by atoms with Crippen LogP contribution in [0, 0.1) is 0 Å². The number of hydrogen-bond donors (Lipinski definition) is 1. The van der Waals surface area contributed by atoms with Crippen molar-refractivity contribution >= 4 is 11.9 Å². The van der Waals surface area contributed by atoms with Crippen molar-refractivity contribution in [2.75, 3.05) is 0 Å². The van der Waals surface area contributed by atoms with Crippen LogP contribution in [0.2, 0.25) is 0 Å². The SMILES string of the molecule is C[C@H](NC(=O)c1cnn(C)c1)C(=O)OC(C)(C)C. The van der Waals surface area contributed by atoms with E-state index in [4.69, 9.17) is 4.74 Å². The van der Waals surface area contributed by atoms with Crippen LogP contribution in [-0.4, -0.2) is 33.3 Å². The number of aromatic nitrogens is 2. The molecule has 1 N–H and O–H groups in total. The maximum absolute atomic E-state index is 11.8. The molecule has 18 heavy (non-hydrogen) atoms. The molecule has 0 aliphatic carbocycles. The zero-order valence-electron chi connectivity index (χ0n) is 11.4. The second-order valence-corrected chi connectivity index (χ2v) is 5.13. The third-order valence-electron chi connectivity index (χ3n) is 2.07. The fraction of sp³-hybridized carbons (Fsp3) is 0.583. The Morgan fingerprint density at radius 1 is 1.44 bits per heavy atom. The quantitative estimate of drug-likeness (QED) is 0.812. The van der Waals surface area contributed by atoms with Crippen LogP contribution in [-0.2, 0) is 16.6 Å². The summed E-state index contributed by atoms with van der Waals surface area (Å²) in [4.78, 5) is 23.4. The molecule has 1 rings (SSSR count). The van der Waals surface area contributed by atoms with Gasteiger partial charge < -0.3 is 10.1 Å². The Labute approximate surface area is 106 Å². The predicted molar refractivity (Wildman–Crippen MR) is 66.0 cm³/mol. The molecule has 6 heteroatoms. The van der Waals surface area contributed by atoms with Crippen LogP contribution < -0.4 is 5.32 Å². The molecule has 0 fully saturated rings. The summed E-state index contributed by atoms with van der Waals surface area (Å²) in [6.07, 6.45) is 3.02. The first-order chi connectivity index (χ1) is 8.19. The Kier molecular flexibility index (Phi) is 4.11. The van der Waals surface area contributed by atoms with E-state index < -0.39 is 17.6 Å². The smallest absolute Gasteiger partial charge is 0.328 e. The average Bonchev–Trinajstić information content (AvgIpc) is 2.62. The molecule has 0 unspecified atom stereocenters. The Morgan fingerprint density at radius 2 is 2.06 bits per heavy atom. The van der Waals surface area contributed by atoms with E-state index in [2.05, 4.69) is 10.4 Å². The van der Waals surface area contributed by atoms with Crippen LogP contribution in [0.5, 0.6) is 0 Å². The van der Waals surface area contributed by atoms with Gasteiger partial charge in [-0.05, 0) is 27.7 Å². The predicted octanol–water partition coefficient (Wildman–Crippen LogP) is 0.880. The van der Waals surface area contributed by atoms with Crippen LogP contribution >= 0.6 is 0 Å². The van der Waals surface area contributed by atoms with Crippen molar-refractivity contribution in [3.8, 4) is 0 Å². The van der Waals surface area contributed by atoms with Crippen LogP contribution in [0.25, 0.3) is 0 Å². The summed E-state index contributed by atoms with van der Waals surface area (Å²) in [5, 5.41) is 6.45. The molecule has 1 amide bonds. The molecule has 0 aliphatic heterocycles.